The van der Waals surface area contributed by atoms with Crippen molar-refractivity contribution in [2.75, 3.05) is 6.54 Å². The van der Waals surface area contributed by atoms with E-state index < -0.39 is 30.9 Å². The van der Waals surface area contributed by atoms with E-state index >= 15 is 0 Å². The highest BCUT2D eigenvalue weighted by Crippen LogP contribution is 2.33. The minimum Gasteiger partial charge on any atom is -0.480 e. The minimum absolute atomic E-state index is 0.113. The first-order valence-electron chi connectivity index (χ1n) is 5.13. The highest BCUT2D eigenvalue weighted by molar-refractivity contribution is 5.74. The van der Waals surface area contributed by atoms with E-state index in [-0.39, 0.29) is 6.54 Å². The second-order valence-corrected chi connectivity index (χ2v) is 4.24. The molecule has 0 unspecified atom stereocenters. The third-order valence-electron chi connectivity index (χ3n) is 2.87. The normalized spacial score (nSPS) is 24.1. The summed E-state index contributed by atoms with van der Waals surface area (Å²) >= 11 is 0. The van der Waals surface area contributed by atoms with Crippen molar-refractivity contribution in [2.24, 2.45) is 0 Å². The zero-order valence-electron chi connectivity index (χ0n) is 9.19. The lowest BCUT2D eigenvalue weighted by Gasteiger charge is -2.19. The standard InChI is InChI=1S/C10H12F2N2O3/c1-6-7(4-17-13-6)3-14-5-10(11,12)2-8(14)9(15)16/h4,8H,2-3,5H2,1H3,(H,15,16)/t8-/m1/s1. The molecule has 0 aromatic carbocycles. The van der Waals surface area contributed by atoms with Crippen molar-refractivity contribution in [2.45, 2.75) is 31.9 Å². The molecule has 2 heterocycles. The van der Waals surface area contributed by atoms with Crippen LogP contribution in [0.25, 0.3) is 0 Å². The van der Waals surface area contributed by atoms with Crippen LogP contribution in [0.3, 0.4) is 0 Å². The Balaban J connectivity index is 2.14. The third-order valence-corrected chi connectivity index (χ3v) is 2.87. The highest BCUT2D eigenvalue weighted by atomic mass is 19.3. The SMILES string of the molecule is Cc1nocc1CN1CC(F)(F)C[C@@H]1C(=O)O. The Labute approximate surface area is 96.0 Å². The Morgan fingerprint density at radius 1 is 1.76 bits per heavy atom. The summed E-state index contributed by atoms with van der Waals surface area (Å²) in [6.45, 7) is 1.25. The lowest BCUT2D eigenvalue weighted by atomic mass is 10.2. The molecule has 1 aromatic heterocycles. The number of halogens is 2. The molecular formula is C10H12F2N2O3. The van der Waals surface area contributed by atoms with Crippen LogP contribution in [-0.4, -0.2) is 39.6 Å². The van der Waals surface area contributed by atoms with Gasteiger partial charge in [0.1, 0.15) is 12.3 Å². The van der Waals surface area contributed by atoms with Crippen LogP contribution in [0.2, 0.25) is 0 Å². The summed E-state index contributed by atoms with van der Waals surface area (Å²) in [7, 11) is 0. The van der Waals surface area contributed by atoms with E-state index in [0.29, 0.717) is 11.3 Å². The summed E-state index contributed by atoms with van der Waals surface area (Å²) in [6, 6.07) is -1.15. The molecule has 2 rings (SSSR count). The molecule has 0 radical (unpaired) electrons. The molecule has 17 heavy (non-hydrogen) atoms. The lowest BCUT2D eigenvalue weighted by molar-refractivity contribution is -0.142. The summed E-state index contributed by atoms with van der Waals surface area (Å²) < 4.78 is 31.1. The van der Waals surface area contributed by atoms with Crippen LogP contribution in [0, 0.1) is 6.92 Å². The first-order chi connectivity index (χ1) is 7.89. The number of likely N-dealkylation sites (tertiary alicyclic amines) is 1. The Bertz CT molecular complexity index is 433. The number of carboxylic acid groups (broad SMARTS) is 1. The van der Waals surface area contributed by atoms with Crippen LogP contribution in [0.4, 0.5) is 8.78 Å². The minimum atomic E-state index is -2.95. The summed E-state index contributed by atoms with van der Waals surface area (Å²) in [5.41, 5.74) is 1.22. The summed E-state index contributed by atoms with van der Waals surface area (Å²) in [5.74, 6) is -4.18. The number of hydrogen-bond donors (Lipinski definition) is 1. The number of aliphatic carboxylic acids is 1. The monoisotopic (exact) mass is 246 g/mol. The first kappa shape index (κ1) is 12.0. The molecule has 0 spiro atoms. The number of carboxylic acids is 1. The van der Waals surface area contributed by atoms with Crippen molar-refractivity contribution in [3.05, 3.63) is 17.5 Å². The van der Waals surface area contributed by atoms with Gasteiger partial charge >= 0.3 is 5.97 Å². The second kappa shape index (κ2) is 4.06. The average molecular weight is 246 g/mol. The number of aryl methyl sites for hydroxylation is 1. The van der Waals surface area contributed by atoms with E-state index in [1.807, 2.05) is 0 Å². The maximum Gasteiger partial charge on any atom is 0.321 e. The number of hydrogen-bond acceptors (Lipinski definition) is 4. The molecule has 0 bridgehead atoms. The molecule has 7 heteroatoms. The molecule has 1 aliphatic rings. The van der Waals surface area contributed by atoms with Gasteiger partial charge in [-0.2, -0.15) is 0 Å². The summed E-state index contributed by atoms with van der Waals surface area (Å²) in [4.78, 5) is 12.1. The molecule has 0 aliphatic carbocycles. The van der Waals surface area contributed by atoms with Gasteiger partial charge in [-0.1, -0.05) is 5.16 Å². The largest absolute Gasteiger partial charge is 0.480 e. The fourth-order valence-corrected chi connectivity index (χ4v) is 1.98. The van der Waals surface area contributed by atoms with Crippen LogP contribution < -0.4 is 0 Å². The van der Waals surface area contributed by atoms with Gasteiger partial charge in [-0.3, -0.25) is 9.69 Å². The maximum atomic E-state index is 13.2. The number of rotatable bonds is 3. The van der Waals surface area contributed by atoms with Gasteiger partial charge in [0.05, 0.1) is 12.2 Å². The van der Waals surface area contributed by atoms with Crippen LogP contribution in [-0.2, 0) is 11.3 Å². The molecule has 0 saturated carbocycles. The van der Waals surface area contributed by atoms with E-state index in [0.717, 1.165) is 0 Å². The highest BCUT2D eigenvalue weighted by Gasteiger charge is 2.48. The van der Waals surface area contributed by atoms with Gasteiger partial charge in [0.25, 0.3) is 5.92 Å². The van der Waals surface area contributed by atoms with E-state index in [1.165, 1.54) is 11.2 Å². The first-order valence-corrected chi connectivity index (χ1v) is 5.13. The fraction of sp³-hybridized carbons (Fsp3) is 0.600. The molecule has 94 valence electrons. The van der Waals surface area contributed by atoms with Crippen molar-refractivity contribution in [3.8, 4) is 0 Å². The molecule has 5 nitrogen and oxygen atoms in total. The molecule has 1 saturated heterocycles. The Morgan fingerprint density at radius 2 is 2.47 bits per heavy atom. The van der Waals surface area contributed by atoms with Crippen molar-refractivity contribution < 1.29 is 23.2 Å². The van der Waals surface area contributed by atoms with Gasteiger partial charge in [-0.05, 0) is 6.92 Å². The molecular weight excluding hydrogens is 234 g/mol. The van der Waals surface area contributed by atoms with E-state index in [2.05, 4.69) is 5.16 Å². The topological polar surface area (TPSA) is 66.6 Å². The lowest BCUT2D eigenvalue weighted by Crippen LogP contribution is -2.35. The van der Waals surface area contributed by atoms with Gasteiger partial charge in [0, 0.05) is 18.5 Å². The fourth-order valence-electron chi connectivity index (χ4n) is 1.98. The van der Waals surface area contributed by atoms with Crippen LogP contribution in [0.15, 0.2) is 10.8 Å². The quantitative estimate of drug-likeness (QED) is 0.870. The smallest absolute Gasteiger partial charge is 0.321 e. The van der Waals surface area contributed by atoms with Gasteiger partial charge < -0.3 is 9.63 Å². The molecule has 1 aromatic rings. The van der Waals surface area contributed by atoms with E-state index in [4.69, 9.17) is 9.63 Å². The van der Waals surface area contributed by atoms with Gasteiger partial charge in [0.15, 0.2) is 0 Å². The molecule has 1 aliphatic heterocycles. The second-order valence-electron chi connectivity index (χ2n) is 4.24. The molecule has 1 N–H and O–H groups in total. The Morgan fingerprint density at radius 3 is 3.00 bits per heavy atom. The predicted molar refractivity (Wildman–Crippen MR) is 52.6 cm³/mol. The number of alkyl halides is 2. The molecule has 1 atom stereocenters. The number of carbonyl (C=O) groups is 1. The van der Waals surface area contributed by atoms with Gasteiger partial charge in [0.2, 0.25) is 0 Å². The Hall–Kier alpha value is -1.50. The molecule has 1 fully saturated rings. The van der Waals surface area contributed by atoms with Crippen LogP contribution in [0.5, 0.6) is 0 Å². The average Bonchev–Trinajstić information content (AvgIpc) is 2.72. The number of nitrogens with zero attached hydrogens (tertiary/aromatic N) is 2. The van der Waals surface area contributed by atoms with Crippen molar-refractivity contribution >= 4 is 5.97 Å². The maximum absolute atomic E-state index is 13.2. The summed E-state index contributed by atoms with van der Waals surface area (Å²) in [6.07, 6.45) is 0.706. The van der Waals surface area contributed by atoms with Crippen molar-refractivity contribution in [1.29, 1.82) is 0 Å². The summed E-state index contributed by atoms with van der Waals surface area (Å²) in [5, 5.41) is 12.5. The van der Waals surface area contributed by atoms with Crippen molar-refractivity contribution in [3.63, 3.8) is 0 Å². The zero-order valence-corrected chi connectivity index (χ0v) is 9.19. The van der Waals surface area contributed by atoms with E-state index in [1.54, 1.807) is 6.92 Å². The predicted octanol–water partition coefficient (Wildman–Crippen LogP) is 1.28. The Kier molecular flexibility index (Phi) is 2.86. The van der Waals surface area contributed by atoms with Gasteiger partial charge in [-0.15, -0.1) is 0 Å². The zero-order chi connectivity index (χ0) is 12.6. The van der Waals surface area contributed by atoms with Gasteiger partial charge in [-0.25, -0.2) is 8.78 Å². The van der Waals surface area contributed by atoms with Crippen molar-refractivity contribution in [1.82, 2.24) is 10.1 Å². The van der Waals surface area contributed by atoms with Crippen LogP contribution in [0.1, 0.15) is 17.7 Å². The number of aromatic nitrogens is 1. The third kappa shape index (κ3) is 2.44. The van der Waals surface area contributed by atoms with E-state index in [9.17, 15) is 13.6 Å². The van der Waals surface area contributed by atoms with Crippen LogP contribution >= 0.6 is 0 Å². The molecule has 0 amide bonds.